The molecule has 2 aliphatic rings. The van der Waals surface area contributed by atoms with E-state index in [1.165, 1.54) is 0 Å². The third-order valence-corrected chi connectivity index (χ3v) is 4.56. The lowest BCUT2D eigenvalue weighted by Crippen LogP contribution is -2.29. The molecule has 21 heavy (non-hydrogen) atoms. The highest BCUT2D eigenvalue weighted by Crippen LogP contribution is 2.42. The van der Waals surface area contributed by atoms with Gasteiger partial charge in [0.25, 0.3) is 20.2 Å². The van der Waals surface area contributed by atoms with Crippen molar-refractivity contribution in [2.24, 2.45) is 5.92 Å². The molecule has 1 aliphatic heterocycles. The van der Waals surface area contributed by atoms with Gasteiger partial charge in [-0.25, -0.2) is 0 Å². The van der Waals surface area contributed by atoms with Crippen LogP contribution >= 0.6 is 0 Å². The minimum Gasteiger partial charge on any atom is -0.347 e. The van der Waals surface area contributed by atoms with E-state index in [1.54, 1.807) is 0 Å². The van der Waals surface area contributed by atoms with E-state index in [2.05, 4.69) is 0 Å². The largest absolute Gasteiger partial charge is 0.347 e. The quantitative estimate of drug-likeness (QED) is 0.613. The molecule has 0 amide bonds. The Labute approximate surface area is 124 Å². The lowest BCUT2D eigenvalue weighted by Gasteiger charge is -2.22. The predicted molar refractivity (Wildman–Crippen MR) is 72.5 cm³/mol. The molecule has 2 rings (SSSR count). The first kappa shape index (κ1) is 17.1. The van der Waals surface area contributed by atoms with Crippen LogP contribution < -0.4 is 0 Å². The molecule has 1 heterocycles. The molecule has 0 radical (unpaired) electrons. The molecule has 2 unspecified atom stereocenters. The second kappa shape index (κ2) is 6.09. The van der Waals surface area contributed by atoms with Crippen molar-refractivity contribution in [2.75, 3.05) is 32.3 Å². The highest BCUT2D eigenvalue weighted by atomic mass is 32.2. The van der Waals surface area contributed by atoms with Crippen LogP contribution in [0.4, 0.5) is 0 Å². The molecule has 0 bridgehead atoms. The van der Waals surface area contributed by atoms with Crippen molar-refractivity contribution in [3.05, 3.63) is 0 Å². The van der Waals surface area contributed by atoms with E-state index in [1.807, 2.05) is 0 Å². The van der Waals surface area contributed by atoms with Crippen molar-refractivity contribution in [1.82, 2.24) is 0 Å². The van der Waals surface area contributed by atoms with E-state index in [0.717, 1.165) is 18.9 Å². The minimum atomic E-state index is -3.50. The van der Waals surface area contributed by atoms with E-state index >= 15 is 0 Å². The molecule has 0 aromatic heterocycles. The average molecular weight is 344 g/mol. The zero-order chi connectivity index (χ0) is 15.7. The molecule has 124 valence electrons. The van der Waals surface area contributed by atoms with E-state index in [9.17, 15) is 16.8 Å². The monoisotopic (exact) mass is 344 g/mol. The van der Waals surface area contributed by atoms with Gasteiger partial charge in [0.05, 0.1) is 32.3 Å². The first-order valence-electron chi connectivity index (χ1n) is 6.57. The van der Waals surface area contributed by atoms with Crippen LogP contribution in [0.15, 0.2) is 0 Å². The van der Waals surface area contributed by atoms with Crippen LogP contribution in [-0.2, 0) is 38.1 Å². The highest BCUT2D eigenvalue weighted by Gasteiger charge is 2.47. The molecule has 0 aromatic rings. The first-order chi connectivity index (χ1) is 9.57. The van der Waals surface area contributed by atoms with Crippen LogP contribution in [0.1, 0.15) is 19.3 Å². The number of hydrogen-bond donors (Lipinski definition) is 0. The van der Waals surface area contributed by atoms with Gasteiger partial charge in [0.2, 0.25) is 0 Å². The first-order valence-corrected chi connectivity index (χ1v) is 10.2. The molecule has 8 nitrogen and oxygen atoms in total. The summed E-state index contributed by atoms with van der Waals surface area (Å²) in [7, 11) is -6.96. The zero-order valence-electron chi connectivity index (χ0n) is 12.0. The van der Waals surface area contributed by atoms with Crippen LogP contribution in [0.5, 0.6) is 0 Å². The van der Waals surface area contributed by atoms with Crippen LogP contribution in [0, 0.1) is 5.92 Å². The fourth-order valence-electron chi connectivity index (χ4n) is 2.57. The van der Waals surface area contributed by atoms with Crippen LogP contribution in [-0.4, -0.2) is 61.1 Å². The summed E-state index contributed by atoms with van der Waals surface area (Å²) in [6.07, 6.45) is 3.44. The fourth-order valence-corrected chi connectivity index (χ4v) is 3.41. The predicted octanol–water partition coefficient (Wildman–Crippen LogP) is -0.149. The van der Waals surface area contributed by atoms with Crippen molar-refractivity contribution in [1.29, 1.82) is 0 Å². The molecule has 0 aromatic carbocycles. The minimum absolute atomic E-state index is 0.0364. The van der Waals surface area contributed by atoms with Gasteiger partial charge in [-0.3, -0.25) is 8.37 Å². The third-order valence-electron chi connectivity index (χ3n) is 3.43. The van der Waals surface area contributed by atoms with Crippen molar-refractivity contribution >= 4 is 20.2 Å². The topological polar surface area (TPSA) is 105 Å². The van der Waals surface area contributed by atoms with Crippen molar-refractivity contribution in [2.45, 2.75) is 31.2 Å². The van der Waals surface area contributed by atoms with E-state index in [0.29, 0.717) is 12.8 Å². The Morgan fingerprint density at radius 1 is 1.10 bits per heavy atom. The van der Waals surface area contributed by atoms with Gasteiger partial charge in [-0.15, -0.1) is 0 Å². The molecule has 10 heteroatoms. The number of ether oxygens (including phenoxy) is 2. The Bertz CT molecular complexity index is 515. The van der Waals surface area contributed by atoms with Crippen LogP contribution in [0.3, 0.4) is 0 Å². The van der Waals surface area contributed by atoms with E-state index in [-0.39, 0.29) is 25.7 Å². The summed E-state index contributed by atoms with van der Waals surface area (Å²) in [4.78, 5) is 0. The molecule has 1 aliphatic carbocycles. The number of hydrogen-bond acceptors (Lipinski definition) is 8. The Hall–Kier alpha value is -0.260. The second-order valence-corrected chi connectivity index (χ2v) is 8.84. The number of rotatable bonds is 6. The summed E-state index contributed by atoms with van der Waals surface area (Å²) < 4.78 is 64.7. The maximum atomic E-state index is 11.0. The van der Waals surface area contributed by atoms with Crippen molar-refractivity contribution < 1.29 is 34.7 Å². The van der Waals surface area contributed by atoms with Gasteiger partial charge in [-0.1, -0.05) is 0 Å². The SMILES string of the molecule is CS(=O)(=O)OCC1COC2(CC[C@H](COS(C)(=O)=O)C2)O1. The van der Waals surface area contributed by atoms with Gasteiger partial charge in [-0.2, -0.15) is 16.8 Å². The van der Waals surface area contributed by atoms with Gasteiger partial charge in [0.15, 0.2) is 5.79 Å². The summed E-state index contributed by atoms with van der Waals surface area (Å²) in [5, 5.41) is 0. The van der Waals surface area contributed by atoms with Gasteiger partial charge in [0.1, 0.15) is 6.10 Å². The molecular formula is C11H20O8S2. The Morgan fingerprint density at radius 3 is 2.33 bits per heavy atom. The Balaban J connectivity index is 1.81. The van der Waals surface area contributed by atoms with Crippen LogP contribution in [0.2, 0.25) is 0 Å². The molecule has 0 N–H and O–H groups in total. The molecular weight excluding hydrogens is 324 g/mol. The van der Waals surface area contributed by atoms with Crippen LogP contribution in [0.25, 0.3) is 0 Å². The highest BCUT2D eigenvalue weighted by molar-refractivity contribution is 7.86. The lowest BCUT2D eigenvalue weighted by atomic mass is 10.1. The molecule has 1 spiro atoms. The summed E-state index contributed by atoms with van der Waals surface area (Å²) in [5.74, 6) is -0.730. The molecule has 3 atom stereocenters. The Kier molecular flexibility index (Phi) is 4.96. The maximum Gasteiger partial charge on any atom is 0.264 e. The van der Waals surface area contributed by atoms with Crippen molar-refractivity contribution in [3.63, 3.8) is 0 Å². The van der Waals surface area contributed by atoms with Gasteiger partial charge < -0.3 is 9.47 Å². The zero-order valence-corrected chi connectivity index (χ0v) is 13.6. The maximum absolute atomic E-state index is 11.0. The van der Waals surface area contributed by atoms with E-state index in [4.69, 9.17) is 17.8 Å². The molecule has 2 fully saturated rings. The standard InChI is InChI=1S/C11H20O8S2/c1-20(12,13)17-6-9-3-4-11(5-9)16-7-10(19-11)8-18-21(2,14)15/h9-10H,3-8H2,1-2H3/t9-,10?,11?/m0/s1. The van der Waals surface area contributed by atoms with Gasteiger partial charge in [-0.05, 0) is 12.3 Å². The summed E-state index contributed by atoms with van der Waals surface area (Å²) >= 11 is 0. The smallest absolute Gasteiger partial charge is 0.264 e. The van der Waals surface area contributed by atoms with Gasteiger partial charge >= 0.3 is 0 Å². The average Bonchev–Trinajstić information content (AvgIpc) is 2.91. The fraction of sp³-hybridized carbons (Fsp3) is 1.00. The third kappa shape index (κ3) is 5.46. The second-order valence-electron chi connectivity index (χ2n) is 5.55. The van der Waals surface area contributed by atoms with Crippen molar-refractivity contribution in [3.8, 4) is 0 Å². The molecule has 1 saturated heterocycles. The summed E-state index contributed by atoms with van der Waals surface area (Å²) in [5.41, 5.74) is 0. The normalized spacial score (nSPS) is 33.8. The van der Waals surface area contributed by atoms with E-state index < -0.39 is 32.1 Å². The summed E-state index contributed by atoms with van der Waals surface area (Å²) in [6, 6.07) is 0. The molecule has 1 saturated carbocycles. The lowest BCUT2D eigenvalue weighted by molar-refractivity contribution is -0.167. The summed E-state index contributed by atoms with van der Waals surface area (Å²) in [6.45, 7) is 0.290. The Morgan fingerprint density at radius 2 is 1.71 bits per heavy atom. The van der Waals surface area contributed by atoms with Gasteiger partial charge in [0, 0.05) is 12.8 Å².